The number of nitrogens with two attached hydrogens (primary N) is 1. The number of hydrogen-bond donors (Lipinski definition) is 1. The van der Waals surface area contributed by atoms with E-state index in [4.69, 9.17) is 5.73 Å². The van der Waals surface area contributed by atoms with E-state index in [1.165, 1.54) is 0 Å². The van der Waals surface area contributed by atoms with Gasteiger partial charge in [0.05, 0.1) is 0 Å². The van der Waals surface area contributed by atoms with Crippen LogP contribution in [0.2, 0.25) is 0 Å². The van der Waals surface area contributed by atoms with Crippen LogP contribution in [0.25, 0.3) is 0 Å². The van der Waals surface area contributed by atoms with Gasteiger partial charge in [-0.05, 0) is 33.2 Å². The quantitative estimate of drug-likeness (QED) is 0.714. The lowest BCUT2D eigenvalue weighted by molar-refractivity contribution is 0.165. The van der Waals surface area contributed by atoms with Crippen molar-refractivity contribution in [3.05, 3.63) is 0 Å². The summed E-state index contributed by atoms with van der Waals surface area (Å²) in [7, 11) is 2.17. The maximum Gasteiger partial charge on any atom is 0.0254 e. The normalized spacial score (nSPS) is 18.6. The maximum atomic E-state index is 6.22. The lowest BCUT2D eigenvalue weighted by Gasteiger charge is -2.35. The zero-order chi connectivity index (χ0) is 11.4. The Hall–Kier alpha value is -0.0800. The molecule has 14 heavy (non-hydrogen) atoms. The molecule has 0 aromatic heterocycles. The van der Waals surface area contributed by atoms with Crippen molar-refractivity contribution in [3.63, 3.8) is 0 Å². The molecule has 0 saturated heterocycles. The molecule has 0 rings (SSSR count). The first-order valence-electron chi connectivity index (χ1n) is 5.79. The number of likely N-dealkylation sites (N-methyl/N-ethyl adjacent to an activating group) is 1. The van der Waals surface area contributed by atoms with E-state index in [-0.39, 0.29) is 5.54 Å². The number of rotatable bonds is 6. The molecule has 0 aromatic carbocycles. The van der Waals surface area contributed by atoms with E-state index in [0.29, 0.717) is 12.0 Å². The molecule has 2 N–H and O–H groups in total. The molecule has 0 aromatic rings. The van der Waals surface area contributed by atoms with Crippen molar-refractivity contribution in [3.8, 4) is 0 Å². The van der Waals surface area contributed by atoms with Crippen LogP contribution >= 0.6 is 0 Å². The van der Waals surface area contributed by atoms with Gasteiger partial charge in [-0.2, -0.15) is 0 Å². The van der Waals surface area contributed by atoms with Crippen LogP contribution in [0.3, 0.4) is 0 Å². The third-order valence-electron chi connectivity index (χ3n) is 3.09. The summed E-state index contributed by atoms with van der Waals surface area (Å²) < 4.78 is 0. The van der Waals surface area contributed by atoms with Crippen molar-refractivity contribution >= 4 is 0 Å². The average molecular weight is 200 g/mol. The first-order valence-corrected chi connectivity index (χ1v) is 5.79. The smallest absolute Gasteiger partial charge is 0.0254 e. The molecule has 86 valence electrons. The molecule has 2 nitrogen and oxygen atoms in total. The predicted octanol–water partition coefficient (Wildman–Crippen LogP) is 2.48. The molecule has 0 saturated carbocycles. The average Bonchev–Trinajstić information content (AvgIpc) is 2.01. The molecule has 2 atom stereocenters. The third kappa shape index (κ3) is 4.97. The molecule has 0 fully saturated rings. The Morgan fingerprint density at radius 1 is 1.29 bits per heavy atom. The van der Waals surface area contributed by atoms with Gasteiger partial charge in [-0.15, -0.1) is 0 Å². The van der Waals surface area contributed by atoms with Crippen LogP contribution in [0.1, 0.15) is 47.5 Å². The Kier molecular flexibility index (Phi) is 5.68. The van der Waals surface area contributed by atoms with Crippen LogP contribution in [0.5, 0.6) is 0 Å². The zero-order valence-electron chi connectivity index (χ0n) is 10.8. The van der Waals surface area contributed by atoms with Gasteiger partial charge in [0.25, 0.3) is 0 Å². The van der Waals surface area contributed by atoms with Crippen molar-refractivity contribution < 1.29 is 0 Å². The van der Waals surface area contributed by atoms with Crippen molar-refractivity contribution in [1.82, 2.24) is 4.90 Å². The summed E-state index contributed by atoms with van der Waals surface area (Å²) in [5, 5.41) is 0. The Morgan fingerprint density at radius 2 is 1.79 bits per heavy atom. The molecule has 0 radical (unpaired) electrons. The molecule has 0 aliphatic rings. The van der Waals surface area contributed by atoms with E-state index in [2.05, 4.69) is 46.6 Å². The zero-order valence-corrected chi connectivity index (χ0v) is 10.8. The van der Waals surface area contributed by atoms with Gasteiger partial charge in [0, 0.05) is 18.1 Å². The highest BCUT2D eigenvalue weighted by atomic mass is 15.1. The summed E-state index contributed by atoms with van der Waals surface area (Å²) in [4.78, 5) is 2.38. The van der Waals surface area contributed by atoms with Crippen LogP contribution in [0, 0.1) is 5.92 Å². The first kappa shape index (κ1) is 13.9. The van der Waals surface area contributed by atoms with Crippen LogP contribution in [0.4, 0.5) is 0 Å². The standard InChI is InChI=1S/C12H28N2/c1-7-8-12(5,13)9-14(6)11(4)10(2)3/h10-11H,7-9,13H2,1-6H3. The minimum Gasteiger partial charge on any atom is -0.324 e. The minimum absolute atomic E-state index is 0.0351. The largest absolute Gasteiger partial charge is 0.324 e. The van der Waals surface area contributed by atoms with E-state index in [1.54, 1.807) is 0 Å². The molecule has 0 aliphatic heterocycles. The highest BCUT2D eigenvalue weighted by Gasteiger charge is 2.23. The summed E-state index contributed by atoms with van der Waals surface area (Å²) in [5.41, 5.74) is 6.19. The van der Waals surface area contributed by atoms with Crippen molar-refractivity contribution in [2.45, 2.75) is 59.0 Å². The molecule has 0 spiro atoms. The first-order chi connectivity index (χ1) is 6.30. The van der Waals surface area contributed by atoms with E-state index >= 15 is 0 Å². The second kappa shape index (κ2) is 5.72. The van der Waals surface area contributed by atoms with Gasteiger partial charge < -0.3 is 10.6 Å². The molecule has 0 bridgehead atoms. The van der Waals surface area contributed by atoms with Crippen LogP contribution in [-0.2, 0) is 0 Å². The summed E-state index contributed by atoms with van der Waals surface area (Å²) in [6.07, 6.45) is 2.26. The summed E-state index contributed by atoms with van der Waals surface area (Å²) >= 11 is 0. The summed E-state index contributed by atoms with van der Waals surface area (Å²) in [6.45, 7) is 12.1. The van der Waals surface area contributed by atoms with Gasteiger partial charge in [0.1, 0.15) is 0 Å². The van der Waals surface area contributed by atoms with E-state index < -0.39 is 0 Å². The Labute approximate surface area is 89.9 Å². The molecule has 2 heteroatoms. The molecule has 2 unspecified atom stereocenters. The second-order valence-electron chi connectivity index (χ2n) is 5.30. The predicted molar refractivity (Wildman–Crippen MR) is 64.4 cm³/mol. The van der Waals surface area contributed by atoms with E-state index in [9.17, 15) is 0 Å². The van der Waals surface area contributed by atoms with Gasteiger partial charge in [-0.1, -0.05) is 27.2 Å². The lowest BCUT2D eigenvalue weighted by Crippen LogP contribution is -2.49. The topological polar surface area (TPSA) is 29.3 Å². The van der Waals surface area contributed by atoms with Gasteiger partial charge in [0.15, 0.2) is 0 Å². The molecular weight excluding hydrogens is 172 g/mol. The van der Waals surface area contributed by atoms with Crippen LogP contribution < -0.4 is 5.73 Å². The fourth-order valence-electron chi connectivity index (χ4n) is 1.87. The number of nitrogens with zero attached hydrogens (tertiary/aromatic N) is 1. The van der Waals surface area contributed by atoms with E-state index in [0.717, 1.165) is 19.4 Å². The molecular formula is C12H28N2. The summed E-state index contributed by atoms with van der Waals surface area (Å²) in [6, 6.07) is 0.606. The SMILES string of the molecule is CCCC(C)(N)CN(C)C(C)C(C)C. The number of hydrogen-bond acceptors (Lipinski definition) is 2. The monoisotopic (exact) mass is 200 g/mol. The fraction of sp³-hybridized carbons (Fsp3) is 1.00. The third-order valence-corrected chi connectivity index (χ3v) is 3.09. The molecule has 0 amide bonds. The van der Waals surface area contributed by atoms with Gasteiger partial charge in [0.2, 0.25) is 0 Å². The van der Waals surface area contributed by atoms with Crippen molar-refractivity contribution in [1.29, 1.82) is 0 Å². The van der Waals surface area contributed by atoms with Crippen LogP contribution in [-0.4, -0.2) is 30.1 Å². The highest BCUT2D eigenvalue weighted by molar-refractivity contribution is 4.83. The van der Waals surface area contributed by atoms with E-state index in [1.807, 2.05) is 0 Å². The van der Waals surface area contributed by atoms with Gasteiger partial charge >= 0.3 is 0 Å². The van der Waals surface area contributed by atoms with Crippen molar-refractivity contribution in [2.75, 3.05) is 13.6 Å². The highest BCUT2D eigenvalue weighted by Crippen LogP contribution is 2.14. The maximum absolute atomic E-state index is 6.22. The Bertz CT molecular complexity index is 152. The van der Waals surface area contributed by atoms with Gasteiger partial charge in [-0.25, -0.2) is 0 Å². The second-order valence-corrected chi connectivity index (χ2v) is 5.30. The van der Waals surface area contributed by atoms with Gasteiger partial charge in [-0.3, -0.25) is 0 Å². The van der Waals surface area contributed by atoms with Crippen LogP contribution in [0.15, 0.2) is 0 Å². The fourth-order valence-corrected chi connectivity index (χ4v) is 1.87. The minimum atomic E-state index is -0.0351. The Balaban J connectivity index is 4.09. The molecule has 0 heterocycles. The Morgan fingerprint density at radius 3 is 2.14 bits per heavy atom. The summed E-state index contributed by atoms with van der Waals surface area (Å²) in [5.74, 6) is 0.692. The van der Waals surface area contributed by atoms with Crippen molar-refractivity contribution in [2.24, 2.45) is 11.7 Å². The lowest BCUT2D eigenvalue weighted by atomic mass is 9.95. The molecule has 0 aliphatic carbocycles.